The highest BCUT2D eigenvalue weighted by Crippen LogP contribution is 2.23. The summed E-state index contributed by atoms with van der Waals surface area (Å²) in [5, 5.41) is 5.27. The monoisotopic (exact) mass is 387 g/mol. The van der Waals surface area contributed by atoms with E-state index in [9.17, 15) is 13.2 Å². The SMILES string of the molecule is O=C(CCNC1CC1)N1CCN(S(=O)(=O)c2ccc3ccccc3c2)CC1. The van der Waals surface area contributed by atoms with E-state index in [0.29, 0.717) is 50.1 Å². The molecule has 2 aliphatic rings. The third-order valence-corrected chi connectivity index (χ3v) is 7.19. The summed E-state index contributed by atoms with van der Waals surface area (Å²) < 4.78 is 27.4. The molecular weight excluding hydrogens is 362 g/mol. The van der Waals surface area contributed by atoms with Crippen molar-refractivity contribution in [2.24, 2.45) is 0 Å². The number of nitrogens with zero attached hydrogens (tertiary/aromatic N) is 2. The van der Waals surface area contributed by atoms with Crippen molar-refractivity contribution in [3.8, 4) is 0 Å². The second kappa shape index (κ2) is 7.58. The van der Waals surface area contributed by atoms with Gasteiger partial charge in [0.1, 0.15) is 0 Å². The third kappa shape index (κ3) is 4.15. The van der Waals surface area contributed by atoms with Gasteiger partial charge in [-0.2, -0.15) is 4.31 Å². The first kappa shape index (κ1) is 18.4. The van der Waals surface area contributed by atoms with Crippen LogP contribution >= 0.6 is 0 Å². The molecule has 0 unspecified atom stereocenters. The largest absolute Gasteiger partial charge is 0.340 e. The maximum atomic E-state index is 13.0. The van der Waals surface area contributed by atoms with Gasteiger partial charge >= 0.3 is 0 Å². The van der Waals surface area contributed by atoms with E-state index in [1.165, 1.54) is 17.1 Å². The van der Waals surface area contributed by atoms with Gasteiger partial charge in [0.25, 0.3) is 0 Å². The number of hydrogen-bond donors (Lipinski definition) is 1. The number of hydrogen-bond acceptors (Lipinski definition) is 4. The fourth-order valence-electron chi connectivity index (χ4n) is 3.48. The maximum absolute atomic E-state index is 13.0. The minimum absolute atomic E-state index is 0.103. The Morgan fingerprint density at radius 2 is 1.70 bits per heavy atom. The van der Waals surface area contributed by atoms with Crippen molar-refractivity contribution >= 4 is 26.7 Å². The molecule has 1 aliphatic carbocycles. The van der Waals surface area contributed by atoms with Crippen LogP contribution in [-0.4, -0.2) is 62.3 Å². The van der Waals surface area contributed by atoms with Crippen LogP contribution in [0.5, 0.6) is 0 Å². The van der Waals surface area contributed by atoms with Crippen LogP contribution in [0.25, 0.3) is 10.8 Å². The van der Waals surface area contributed by atoms with Gasteiger partial charge in [-0.05, 0) is 35.7 Å². The van der Waals surface area contributed by atoms with E-state index >= 15 is 0 Å². The van der Waals surface area contributed by atoms with Crippen molar-refractivity contribution in [2.45, 2.75) is 30.2 Å². The number of piperazine rings is 1. The highest BCUT2D eigenvalue weighted by molar-refractivity contribution is 7.89. The van der Waals surface area contributed by atoms with E-state index in [1.807, 2.05) is 30.3 Å². The van der Waals surface area contributed by atoms with E-state index in [4.69, 9.17) is 0 Å². The first-order chi connectivity index (χ1) is 13.0. The van der Waals surface area contributed by atoms with Crippen molar-refractivity contribution < 1.29 is 13.2 Å². The Morgan fingerprint density at radius 1 is 1.00 bits per heavy atom. The molecule has 1 heterocycles. The van der Waals surface area contributed by atoms with Crippen molar-refractivity contribution in [3.05, 3.63) is 42.5 Å². The van der Waals surface area contributed by atoms with Crippen LogP contribution < -0.4 is 5.32 Å². The standard InChI is InChI=1S/C20H25N3O3S/c24-20(9-10-21-18-6-7-18)22-11-13-23(14-12-22)27(25,26)19-8-5-16-3-1-2-4-17(16)15-19/h1-5,8,15,18,21H,6-7,9-14H2. The average molecular weight is 388 g/mol. The zero-order chi connectivity index (χ0) is 18.9. The summed E-state index contributed by atoms with van der Waals surface area (Å²) in [6, 6.07) is 13.6. The minimum Gasteiger partial charge on any atom is -0.340 e. The first-order valence-corrected chi connectivity index (χ1v) is 11.0. The fraction of sp³-hybridized carbons (Fsp3) is 0.450. The van der Waals surface area contributed by atoms with Crippen LogP contribution in [0.1, 0.15) is 19.3 Å². The van der Waals surface area contributed by atoms with Gasteiger partial charge in [-0.15, -0.1) is 0 Å². The summed E-state index contributed by atoms with van der Waals surface area (Å²) in [7, 11) is -3.54. The van der Waals surface area contributed by atoms with Gasteiger partial charge in [0.15, 0.2) is 0 Å². The van der Waals surface area contributed by atoms with Gasteiger partial charge < -0.3 is 10.2 Å². The van der Waals surface area contributed by atoms with E-state index in [1.54, 1.807) is 17.0 Å². The van der Waals surface area contributed by atoms with E-state index < -0.39 is 10.0 Å². The normalized spacial score (nSPS) is 18.7. The Balaban J connectivity index is 1.37. The zero-order valence-corrected chi connectivity index (χ0v) is 16.1. The lowest BCUT2D eigenvalue weighted by molar-refractivity contribution is -0.132. The van der Waals surface area contributed by atoms with Crippen molar-refractivity contribution in [3.63, 3.8) is 0 Å². The molecule has 1 saturated heterocycles. The van der Waals surface area contributed by atoms with Crippen LogP contribution in [0.4, 0.5) is 0 Å². The molecule has 0 atom stereocenters. The van der Waals surface area contributed by atoms with Gasteiger partial charge in [0.05, 0.1) is 4.90 Å². The van der Waals surface area contributed by atoms with Crippen LogP contribution in [0.2, 0.25) is 0 Å². The number of sulfonamides is 1. The fourth-order valence-corrected chi connectivity index (χ4v) is 4.94. The third-order valence-electron chi connectivity index (χ3n) is 5.30. The lowest BCUT2D eigenvalue weighted by Gasteiger charge is -2.34. The molecule has 2 aromatic rings. The quantitative estimate of drug-likeness (QED) is 0.821. The predicted octanol–water partition coefficient (Wildman–Crippen LogP) is 1.81. The number of fused-ring (bicyclic) bond motifs is 1. The Kier molecular flexibility index (Phi) is 5.16. The second-order valence-electron chi connectivity index (χ2n) is 7.27. The molecule has 2 aromatic carbocycles. The Hall–Kier alpha value is -1.96. The number of amides is 1. The Morgan fingerprint density at radius 3 is 2.41 bits per heavy atom. The molecule has 1 N–H and O–H groups in total. The molecular formula is C20H25N3O3S. The Labute approximate surface area is 160 Å². The molecule has 7 heteroatoms. The second-order valence-corrected chi connectivity index (χ2v) is 9.21. The summed E-state index contributed by atoms with van der Waals surface area (Å²) in [6.07, 6.45) is 2.90. The molecule has 0 bridgehead atoms. The van der Waals surface area contributed by atoms with E-state index in [2.05, 4.69) is 5.32 Å². The number of carbonyl (C=O) groups is 1. The molecule has 144 valence electrons. The summed E-state index contributed by atoms with van der Waals surface area (Å²) in [5.74, 6) is 0.103. The van der Waals surface area contributed by atoms with Crippen LogP contribution in [-0.2, 0) is 14.8 Å². The van der Waals surface area contributed by atoms with Gasteiger partial charge in [-0.25, -0.2) is 8.42 Å². The van der Waals surface area contributed by atoms with Crippen molar-refractivity contribution in [2.75, 3.05) is 32.7 Å². The molecule has 4 rings (SSSR count). The highest BCUT2D eigenvalue weighted by Gasteiger charge is 2.30. The predicted molar refractivity (Wildman–Crippen MR) is 105 cm³/mol. The van der Waals surface area contributed by atoms with Crippen LogP contribution in [0.3, 0.4) is 0 Å². The summed E-state index contributed by atoms with van der Waals surface area (Å²) >= 11 is 0. The number of rotatable bonds is 6. The highest BCUT2D eigenvalue weighted by atomic mass is 32.2. The van der Waals surface area contributed by atoms with Crippen LogP contribution in [0.15, 0.2) is 47.4 Å². The van der Waals surface area contributed by atoms with E-state index in [-0.39, 0.29) is 5.91 Å². The molecule has 27 heavy (non-hydrogen) atoms. The average Bonchev–Trinajstić information content (AvgIpc) is 3.52. The topological polar surface area (TPSA) is 69.7 Å². The van der Waals surface area contributed by atoms with Gasteiger partial charge in [0.2, 0.25) is 15.9 Å². The number of nitrogens with one attached hydrogen (secondary N) is 1. The van der Waals surface area contributed by atoms with Gasteiger partial charge in [-0.3, -0.25) is 4.79 Å². The van der Waals surface area contributed by atoms with Crippen LogP contribution in [0, 0.1) is 0 Å². The first-order valence-electron chi connectivity index (χ1n) is 9.54. The molecule has 0 spiro atoms. The van der Waals surface area contributed by atoms with Crippen molar-refractivity contribution in [1.29, 1.82) is 0 Å². The molecule has 0 radical (unpaired) electrons. The van der Waals surface area contributed by atoms with E-state index in [0.717, 1.165) is 10.8 Å². The summed E-state index contributed by atoms with van der Waals surface area (Å²) in [4.78, 5) is 14.4. The smallest absolute Gasteiger partial charge is 0.243 e. The lowest BCUT2D eigenvalue weighted by Crippen LogP contribution is -2.50. The van der Waals surface area contributed by atoms with Gasteiger partial charge in [0, 0.05) is 45.2 Å². The minimum atomic E-state index is -3.54. The molecule has 1 aliphatic heterocycles. The summed E-state index contributed by atoms with van der Waals surface area (Å²) in [6.45, 7) is 2.30. The maximum Gasteiger partial charge on any atom is 0.243 e. The molecule has 2 fully saturated rings. The Bertz CT molecular complexity index is 932. The summed E-state index contributed by atoms with van der Waals surface area (Å²) in [5.41, 5.74) is 0. The molecule has 1 saturated carbocycles. The number of carbonyl (C=O) groups excluding carboxylic acids is 1. The van der Waals surface area contributed by atoms with Gasteiger partial charge in [-0.1, -0.05) is 30.3 Å². The molecule has 0 aromatic heterocycles. The molecule has 6 nitrogen and oxygen atoms in total. The van der Waals surface area contributed by atoms with Crippen molar-refractivity contribution in [1.82, 2.24) is 14.5 Å². The molecule has 1 amide bonds. The zero-order valence-electron chi connectivity index (χ0n) is 15.3. The lowest BCUT2D eigenvalue weighted by atomic mass is 10.1. The number of benzene rings is 2.